The molecule has 12 nitrogen and oxygen atoms in total. The number of amides is 3. The Morgan fingerprint density at radius 3 is 2.20 bits per heavy atom. The maximum atomic E-state index is 13.9. The van der Waals surface area contributed by atoms with Crippen molar-refractivity contribution in [3.63, 3.8) is 0 Å². The molecule has 2 aromatic carbocycles. The number of ketones is 2. The Bertz CT molecular complexity index is 1770. The number of primary amides is 1. The quantitative estimate of drug-likeness (QED) is 0.187. The summed E-state index contributed by atoms with van der Waals surface area (Å²) in [5.74, 6) is -10.4. The van der Waals surface area contributed by atoms with Gasteiger partial charge < -0.3 is 36.8 Å². The largest absolute Gasteiger partial charge is 0.511 e. The van der Waals surface area contributed by atoms with Crippen LogP contribution in [0, 0.1) is 17.8 Å². The second-order valence-corrected chi connectivity index (χ2v) is 12.0. The van der Waals surface area contributed by atoms with Gasteiger partial charge >= 0.3 is 12.2 Å². The number of rotatable bonds is 4. The van der Waals surface area contributed by atoms with Gasteiger partial charge in [0, 0.05) is 22.4 Å². The minimum atomic E-state index is -4.86. The molecule has 3 aliphatic rings. The van der Waals surface area contributed by atoms with E-state index < -0.39 is 111 Å². The summed E-state index contributed by atoms with van der Waals surface area (Å²) in [6.45, 7) is 1.59. The lowest BCUT2D eigenvalue weighted by molar-refractivity contribution is -0.137. The third-order valence-electron chi connectivity index (χ3n) is 8.78. The van der Waals surface area contributed by atoms with Crippen LogP contribution in [-0.2, 0) is 15.8 Å². The van der Waals surface area contributed by atoms with Crippen LogP contribution in [0.15, 0.2) is 53.0 Å². The second kappa shape index (κ2) is 11.3. The lowest BCUT2D eigenvalue weighted by Crippen LogP contribution is -2.59. The van der Waals surface area contributed by atoms with Gasteiger partial charge in [-0.2, -0.15) is 13.2 Å². The number of benzene rings is 2. The van der Waals surface area contributed by atoms with Crippen LogP contribution in [0.2, 0.25) is 5.02 Å². The van der Waals surface area contributed by atoms with E-state index in [0.29, 0.717) is 6.07 Å². The van der Waals surface area contributed by atoms with E-state index in [0.717, 1.165) is 12.1 Å². The lowest BCUT2D eigenvalue weighted by Gasteiger charge is -2.50. The molecule has 0 aromatic heterocycles. The van der Waals surface area contributed by atoms with Crippen molar-refractivity contribution in [2.45, 2.75) is 31.2 Å². The van der Waals surface area contributed by atoms with E-state index in [1.807, 2.05) is 5.32 Å². The zero-order chi connectivity index (χ0) is 34.2. The maximum Gasteiger partial charge on any atom is 0.418 e. The molecule has 0 heterocycles. The summed E-state index contributed by atoms with van der Waals surface area (Å²) in [6, 6.07) is 2.90. The number of hydrogen-bond acceptors (Lipinski definition) is 9. The van der Waals surface area contributed by atoms with Crippen LogP contribution in [0.5, 0.6) is 5.75 Å². The molecule has 0 spiro atoms. The maximum absolute atomic E-state index is 13.9. The normalized spacial score (nSPS) is 26.0. The average Bonchev–Trinajstić information content (AvgIpc) is 2.94. The highest BCUT2D eigenvalue weighted by atomic mass is 35.5. The summed E-state index contributed by atoms with van der Waals surface area (Å²) in [5.41, 5.74) is 1.72. The highest BCUT2D eigenvalue weighted by Gasteiger charge is 2.59. The van der Waals surface area contributed by atoms with Gasteiger partial charge in [-0.25, -0.2) is 4.79 Å². The number of aromatic hydroxyl groups is 1. The number of aliphatic hydroxyl groups excluding tert-OH is 3. The number of allylic oxidation sites excluding steroid dienone is 1. The van der Waals surface area contributed by atoms with Crippen molar-refractivity contribution in [3.8, 4) is 5.75 Å². The minimum absolute atomic E-state index is 0.200. The van der Waals surface area contributed by atoms with Gasteiger partial charge in [-0.05, 0) is 49.8 Å². The predicted octanol–water partition coefficient (Wildman–Crippen LogP) is 3.85. The fraction of sp³-hybridized carbons (Fsp3) is 0.333. The minimum Gasteiger partial charge on any atom is -0.511 e. The molecule has 46 heavy (non-hydrogen) atoms. The lowest BCUT2D eigenvalue weighted by atomic mass is 9.57. The number of halogens is 4. The Morgan fingerprint density at radius 1 is 1.00 bits per heavy atom. The molecule has 3 amide bonds. The third kappa shape index (κ3) is 5.04. The second-order valence-electron chi connectivity index (χ2n) is 11.6. The first-order valence-electron chi connectivity index (χ1n) is 13.8. The molecule has 2 aromatic rings. The number of likely N-dealkylation sites (N-methyl/N-ethyl adjacent to an activating group) is 1. The Morgan fingerprint density at radius 2 is 1.61 bits per heavy atom. The van der Waals surface area contributed by atoms with Crippen LogP contribution in [0.25, 0.3) is 0 Å². The first kappa shape index (κ1) is 32.8. The van der Waals surface area contributed by atoms with E-state index >= 15 is 0 Å². The summed E-state index contributed by atoms with van der Waals surface area (Å²) in [7, 11) is 3.03. The van der Waals surface area contributed by atoms with Crippen molar-refractivity contribution in [1.82, 2.24) is 4.90 Å². The molecule has 8 N–H and O–H groups in total. The monoisotopic (exact) mass is 664 g/mol. The smallest absolute Gasteiger partial charge is 0.418 e. The Labute approximate surface area is 263 Å². The molecule has 4 unspecified atom stereocenters. The number of nitrogens with zero attached hydrogens (tertiary/aromatic N) is 1. The molecular formula is C30H28ClF3N4O8. The van der Waals surface area contributed by atoms with E-state index in [9.17, 15) is 52.8 Å². The van der Waals surface area contributed by atoms with E-state index in [1.54, 1.807) is 6.92 Å². The van der Waals surface area contributed by atoms with Gasteiger partial charge in [0.05, 0.1) is 40.6 Å². The van der Waals surface area contributed by atoms with Crippen molar-refractivity contribution in [2.75, 3.05) is 24.7 Å². The molecule has 0 saturated carbocycles. The highest BCUT2D eigenvalue weighted by Crippen LogP contribution is 2.54. The van der Waals surface area contributed by atoms with Crippen molar-refractivity contribution >= 4 is 46.5 Å². The van der Waals surface area contributed by atoms with Crippen molar-refractivity contribution in [2.24, 2.45) is 23.5 Å². The number of urea groups is 1. The number of carbonyl (C=O) groups excluding carboxylic acids is 4. The van der Waals surface area contributed by atoms with Gasteiger partial charge in [0.1, 0.15) is 17.1 Å². The zero-order valence-electron chi connectivity index (χ0n) is 24.3. The average molecular weight is 665 g/mol. The molecule has 0 fully saturated rings. The van der Waals surface area contributed by atoms with Crippen LogP contribution in [0.1, 0.15) is 34.3 Å². The van der Waals surface area contributed by atoms with E-state index in [4.69, 9.17) is 17.3 Å². The van der Waals surface area contributed by atoms with Crippen LogP contribution in [0.3, 0.4) is 0 Å². The van der Waals surface area contributed by atoms with Crippen LogP contribution >= 0.6 is 11.6 Å². The Hall–Kier alpha value is -4.60. The summed E-state index contributed by atoms with van der Waals surface area (Å²) < 4.78 is 40.5. The number of carbonyl (C=O) groups is 4. The third-order valence-corrected chi connectivity index (χ3v) is 9.01. The topological polar surface area (TPSA) is 203 Å². The fourth-order valence-electron chi connectivity index (χ4n) is 6.85. The predicted molar refractivity (Wildman–Crippen MR) is 157 cm³/mol. The molecule has 3 aliphatic carbocycles. The number of phenolic OH excluding ortho intramolecular Hbond substituents is 1. The number of phenols is 1. The van der Waals surface area contributed by atoms with E-state index in [2.05, 4.69) is 5.32 Å². The van der Waals surface area contributed by atoms with Gasteiger partial charge in [0.2, 0.25) is 0 Å². The number of nitrogens with two attached hydrogens (primary N) is 1. The number of aliphatic hydroxyl groups is 3. The SMILES string of the molecule is CC1c2ccc(NC(=O)Nc3ccc(Cl)cc3C(F)(F)F)c(O)c2C(=O)C2=C(O)C3C(=O)C(C(N)=O)=C(O)[C@@H](N(C)C)C3[C@@H](O)C21. The fourth-order valence-corrected chi connectivity index (χ4v) is 7.02. The molecule has 0 aliphatic heterocycles. The number of nitrogens with one attached hydrogen (secondary N) is 2. The molecule has 0 radical (unpaired) electrons. The molecule has 5 rings (SSSR count). The molecule has 16 heteroatoms. The molecule has 244 valence electrons. The van der Waals surface area contributed by atoms with Gasteiger partial charge in [-0.15, -0.1) is 0 Å². The number of Topliss-reactive ketones (excluding diaryl/α,β-unsaturated/α-hetero) is 2. The highest BCUT2D eigenvalue weighted by molar-refractivity contribution is 6.30. The molecular weight excluding hydrogens is 637 g/mol. The summed E-state index contributed by atoms with van der Waals surface area (Å²) in [4.78, 5) is 53.6. The first-order chi connectivity index (χ1) is 21.4. The zero-order valence-corrected chi connectivity index (χ0v) is 25.1. The molecule has 0 bridgehead atoms. The van der Waals surface area contributed by atoms with Gasteiger partial charge in [-0.3, -0.25) is 19.3 Å². The van der Waals surface area contributed by atoms with Crippen LogP contribution in [0.4, 0.5) is 29.3 Å². The van der Waals surface area contributed by atoms with Crippen LogP contribution in [-0.4, -0.2) is 75.1 Å². The van der Waals surface area contributed by atoms with Gasteiger partial charge in [-0.1, -0.05) is 24.6 Å². The number of anilines is 2. The van der Waals surface area contributed by atoms with Gasteiger partial charge in [0.15, 0.2) is 17.3 Å². The van der Waals surface area contributed by atoms with E-state index in [1.165, 1.54) is 31.1 Å². The standard InChI is InChI=1S/C30H28ClF3N4O8/c1-9-11-5-7-14(37-29(46)36-13-6-4-10(31)8-12(13)30(32,33)34)22(39)16(11)24(41)18-15(9)23(40)17-19(25(18)42)26(43)20(28(35)45)27(44)21(17)38(2)3/h4-9,15,17,19,21,23,39-40,42,44H,1-3H3,(H2,35,45)(H2,36,37,46)/t9?,15?,17?,19?,21-,23-/m0/s1. The molecule has 6 atom stereocenters. The summed E-state index contributed by atoms with van der Waals surface area (Å²) in [6.07, 6.45) is -6.39. The van der Waals surface area contributed by atoms with Gasteiger partial charge in [0.25, 0.3) is 5.91 Å². The molecule has 0 saturated heterocycles. The number of fused-ring (bicyclic) bond motifs is 3. The van der Waals surface area contributed by atoms with Crippen molar-refractivity contribution in [1.29, 1.82) is 0 Å². The summed E-state index contributed by atoms with van der Waals surface area (Å²) >= 11 is 5.68. The van der Waals surface area contributed by atoms with Crippen molar-refractivity contribution in [3.05, 3.63) is 74.7 Å². The number of hydrogen-bond donors (Lipinski definition) is 7. The number of alkyl halides is 3. The Kier molecular flexibility index (Phi) is 8.07. The van der Waals surface area contributed by atoms with E-state index in [-0.39, 0.29) is 16.3 Å². The summed E-state index contributed by atoms with van der Waals surface area (Å²) in [5, 5.41) is 49.1. The first-order valence-corrected chi connectivity index (χ1v) is 14.2. The Balaban J connectivity index is 1.55. The van der Waals surface area contributed by atoms with Crippen LogP contribution < -0.4 is 16.4 Å². The van der Waals surface area contributed by atoms with Crippen molar-refractivity contribution < 1.29 is 52.8 Å².